The van der Waals surface area contributed by atoms with Gasteiger partial charge in [0.25, 0.3) is 0 Å². The number of halogens is 2. The van der Waals surface area contributed by atoms with Crippen LogP contribution in [0, 0.1) is 5.21 Å². The fourth-order valence-corrected chi connectivity index (χ4v) is 6.25. The first-order valence-corrected chi connectivity index (χ1v) is 14.8. The Morgan fingerprint density at radius 1 is 0.775 bits per heavy atom. The van der Waals surface area contributed by atoms with Gasteiger partial charge in [0.1, 0.15) is 5.60 Å². The second kappa shape index (κ2) is 11.8. The van der Waals surface area contributed by atoms with Gasteiger partial charge in [0.2, 0.25) is 0 Å². The van der Waals surface area contributed by atoms with Gasteiger partial charge in [-0.25, -0.2) is 0 Å². The molecule has 2 saturated heterocycles. The molecule has 2 fully saturated rings. The highest BCUT2D eigenvalue weighted by molar-refractivity contribution is 6.30. The number of benzene rings is 3. The molecule has 0 unspecified atom stereocenters. The summed E-state index contributed by atoms with van der Waals surface area (Å²) >= 11 is 12.0. The third kappa shape index (κ3) is 6.54. The zero-order valence-electron chi connectivity index (χ0n) is 22.6. The lowest BCUT2D eigenvalue weighted by molar-refractivity contribution is -0.888. The van der Waals surface area contributed by atoms with E-state index >= 15 is 0 Å². The van der Waals surface area contributed by atoms with E-state index in [-0.39, 0.29) is 10.4 Å². The minimum absolute atomic E-state index is 0.0311. The molecule has 0 saturated carbocycles. The molecule has 0 bridgehead atoms. The highest BCUT2D eigenvalue weighted by atomic mass is 35.5. The smallest absolute Gasteiger partial charge is 0.163 e. The molecule has 0 atom stereocenters. The van der Waals surface area contributed by atoms with E-state index in [1.165, 1.54) is 0 Å². The fraction of sp³-hybridized carbons (Fsp3) is 0.406. The second-order valence-corrected chi connectivity index (χ2v) is 12.2. The summed E-state index contributed by atoms with van der Waals surface area (Å²) in [4.78, 5) is 15.1. The van der Waals surface area contributed by atoms with Crippen LogP contribution in [0.25, 0.3) is 0 Å². The van der Waals surface area contributed by atoms with Gasteiger partial charge in [-0.15, -0.1) is 0 Å². The summed E-state index contributed by atoms with van der Waals surface area (Å²) in [7, 11) is 0. The lowest BCUT2D eigenvalue weighted by atomic mass is 9.84. The molecular formula is C32H36Cl2N2O4. The quantitative estimate of drug-likeness (QED) is 0.181. The van der Waals surface area contributed by atoms with Crippen LogP contribution in [0.1, 0.15) is 60.0 Å². The number of Topliss-reactive ketones (excluding diaryl/α,β-unsaturated/α-hetero) is 1. The number of nitrogens with zero attached hydrogens (tertiary/aromatic N) is 2. The van der Waals surface area contributed by atoms with Gasteiger partial charge in [0.15, 0.2) is 5.78 Å². The van der Waals surface area contributed by atoms with Crippen molar-refractivity contribution < 1.29 is 19.7 Å². The van der Waals surface area contributed by atoms with Gasteiger partial charge < -0.3 is 25.0 Å². The van der Waals surface area contributed by atoms with Gasteiger partial charge in [-0.1, -0.05) is 47.5 Å². The van der Waals surface area contributed by atoms with E-state index in [1.807, 2.05) is 60.7 Å². The van der Waals surface area contributed by atoms with Gasteiger partial charge in [-0.3, -0.25) is 4.79 Å². The molecule has 0 amide bonds. The predicted molar refractivity (Wildman–Crippen MR) is 160 cm³/mol. The van der Waals surface area contributed by atoms with Crippen molar-refractivity contribution in [3.05, 3.63) is 105 Å². The molecule has 6 nitrogen and oxygen atoms in total. The normalized spacial score (nSPS) is 24.6. The largest absolute Gasteiger partial charge is 0.633 e. The van der Waals surface area contributed by atoms with Crippen LogP contribution in [0.5, 0.6) is 0 Å². The number of piperidine rings is 2. The Hall–Kier alpha value is -2.45. The first kappa shape index (κ1) is 29.1. The number of ketones is 1. The number of aliphatic hydroxyl groups is 2. The van der Waals surface area contributed by atoms with E-state index in [2.05, 4.69) is 4.90 Å². The third-order valence-electron chi connectivity index (χ3n) is 8.74. The Morgan fingerprint density at radius 2 is 1.25 bits per heavy atom. The maximum atomic E-state index is 13.2. The molecule has 2 heterocycles. The van der Waals surface area contributed by atoms with Gasteiger partial charge >= 0.3 is 0 Å². The third-order valence-corrected chi connectivity index (χ3v) is 9.25. The van der Waals surface area contributed by atoms with Crippen molar-refractivity contribution in [2.45, 2.75) is 49.7 Å². The molecule has 3 aromatic rings. The molecule has 40 heavy (non-hydrogen) atoms. The maximum Gasteiger partial charge on any atom is 0.163 e. The number of anilines is 1. The molecule has 2 aliphatic heterocycles. The molecule has 3 aromatic carbocycles. The molecular weight excluding hydrogens is 547 g/mol. The molecule has 0 spiro atoms. The number of quaternary nitrogens is 1. The number of carbonyl (C=O) groups is 1. The summed E-state index contributed by atoms with van der Waals surface area (Å²) in [5.74, 6) is 0.0311. The second-order valence-electron chi connectivity index (χ2n) is 11.4. The fourth-order valence-electron chi connectivity index (χ4n) is 6.00. The predicted octanol–water partition coefficient (Wildman–Crippen LogP) is 6.44. The van der Waals surface area contributed by atoms with Crippen molar-refractivity contribution in [3.8, 4) is 0 Å². The molecule has 0 aliphatic carbocycles. The number of hydrogen-bond donors (Lipinski definition) is 2. The average Bonchev–Trinajstić information content (AvgIpc) is 2.96. The number of carbonyl (C=O) groups excluding carboxylic acids is 1. The van der Waals surface area contributed by atoms with Crippen LogP contribution < -0.4 is 4.90 Å². The van der Waals surface area contributed by atoms with Gasteiger partial charge in [-0.05, 0) is 72.5 Å². The maximum absolute atomic E-state index is 13.2. The standard InChI is InChI=1S/C32H36Cl2N2O4/c33-27-9-5-25(6-10-27)31(38)15-19-35(20-16-31)29-13-3-24(4-14-29)30(37)2-1-21-36(40)22-17-32(39,18-23-36)26-7-11-28(34)12-8-26/h3-14,38-39H,1-2,15-23H2. The molecule has 2 N–H and O–H groups in total. The van der Waals surface area contributed by atoms with Crippen LogP contribution in [0.2, 0.25) is 10.0 Å². The van der Waals surface area contributed by atoms with E-state index in [1.54, 1.807) is 12.1 Å². The van der Waals surface area contributed by atoms with Gasteiger partial charge in [0, 0.05) is 60.1 Å². The van der Waals surface area contributed by atoms with Crippen molar-refractivity contribution in [2.24, 2.45) is 0 Å². The van der Waals surface area contributed by atoms with Crippen LogP contribution >= 0.6 is 23.2 Å². The van der Waals surface area contributed by atoms with Crippen LogP contribution in [0.3, 0.4) is 0 Å². The summed E-state index contributed by atoms with van der Waals surface area (Å²) in [6, 6.07) is 22.2. The van der Waals surface area contributed by atoms with Crippen LogP contribution in [0.4, 0.5) is 5.69 Å². The summed E-state index contributed by atoms with van der Waals surface area (Å²) in [5.41, 5.74) is 1.50. The van der Waals surface area contributed by atoms with Gasteiger partial charge in [-0.2, -0.15) is 0 Å². The summed E-state index contributed by atoms with van der Waals surface area (Å²) in [6.45, 7) is 2.44. The molecule has 8 heteroatoms. The molecule has 0 radical (unpaired) electrons. The zero-order chi connectivity index (χ0) is 28.4. The van der Waals surface area contributed by atoms with Crippen molar-refractivity contribution >= 4 is 34.7 Å². The van der Waals surface area contributed by atoms with E-state index in [4.69, 9.17) is 23.2 Å². The van der Waals surface area contributed by atoms with Crippen molar-refractivity contribution in [2.75, 3.05) is 37.6 Å². The van der Waals surface area contributed by atoms with E-state index in [9.17, 15) is 20.2 Å². The summed E-state index contributed by atoms with van der Waals surface area (Å²) in [5, 5.41) is 36.7. The first-order chi connectivity index (χ1) is 19.1. The van der Waals surface area contributed by atoms with Crippen LogP contribution in [0.15, 0.2) is 72.8 Å². The number of likely N-dealkylation sites (tertiary alicyclic amines) is 1. The lowest BCUT2D eigenvalue weighted by Gasteiger charge is -2.50. The topological polar surface area (TPSA) is 83.8 Å². The highest BCUT2D eigenvalue weighted by Gasteiger charge is 2.38. The number of hydroxylamine groups is 3. The molecule has 0 aromatic heterocycles. The van der Waals surface area contributed by atoms with Crippen LogP contribution in [-0.2, 0) is 11.2 Å². The SMILES string of the molecule is O=C(CCC[N+]1([O-])CCC(O)(c2ccc(Cl)cc2)CC1)c1ccc(N2CCC(O)(c3ccc(Cl)cc3)CC2)cc1. The van der Waals surface area contributed by atoms with E-state index < -0.39 is 11.2 Å². The Balaban J connectivity index is 1.08. The Labute approximate surface area is 245 Å². The first-order valence-electron chi connectivity index (χ1n) is 14.0. The zero-order valence-corrected chi connectivity index (χ0v) is 24.1. The Morgan fingerprint density at radius 3 is 1.75 bits per heavy atom. The van der Waals surface area contributed by atoms with Crippen molar-refractivity contribution in [3.63, 3.8) is 0 Å². The average molecular weight is 584 g/mol. The van der Waals surface area contributed by atoms with Crippen molar-refractivity contribution in [1.82, 2.24) is 0 Å². The Bertz CT molecular complexity index is 1300. The molecule has 5 rings (SSSR count). The van der Waals surface area contributed by atoms with E-state index in [0.29, 0.717) is 86.9 Å². The molecule has 2 aliphatic rings. The minimum Gasteiger partial charge on any atom is -0.633 e. The lowest BCUT2D eigenvalue weighted by Crippen LogP contribution is -2.53. The van der Waals surface area contributed by atoms with Gasteiger partial charge in [0.05, 0.1) is 25.2 Å². The molecule has 212 valence electrons. The number of rotatable bonds is 8. The monoisotopic (exact) mass is 582 g/mol. The van der Waals surface area contributed by atoms with Crippen LogP contribution in [-0.4, -0.2) is 53.4 Å². The number of hydrogen-bond acceptors (Lipinski definition) is 5. The minimum atomic E-state index is -1.00. The van der Waals surface area contributed by atoms with E-state index in [0.717, 1.165) is 16.8 Å². The Kier molecular flexibility index (Phi) is 8.58. The highest BCUT2D eigenvalue weighted by Crippen LogP contribution is 2.37. The summed E-state index contributed by atoms with van der Waals surface area (Å²) in [6.07, 6.45) is 2.84. The van der Waals surface area contributed by atoms with Crippen molar-refractivity contribution in [1.29, 1.82) is 0 Å². The summed E-state index contributed by atoms with van der Waals surface area (Å²) < 4.78 is -0.376.